The van der Waals surface area contributed by atoms with Gasteiger partial charge in [-0.3, -0.25) is 10.2 Å². The maximum absolute atomic E-state index is 12.8. The van der Waals surface area contributed by atoms with Crippen molar-refractivity contribution in [2.45, 2.75) is 13.0 Å². The fraction of sp³-hybridized carbons (Fsp3) is 0.111. The van der Waals surface area contributed by atoms with Crippen molar-refractivity contribution in [3.05, 3.63) is 78.0 Å². The van der Waals surface area contributed by atoms with Crippen molar-refractivity contribution in [2.24, 2.45) is 0 Å². The molecule has 0 bridgehead atoms. The molecule has 0 unspecified atom stereocenters. The van der Waals surface area contributed by atoms with Gasteiger partial charge in [0, 0.05) is 25.1 Å². The number of amides is 3. The van der Waals surface area contributed by atoms with Crippen LogP contribution in [-0.2, 0) is 17.8 Å². The third-order valence-corrected chi connectivity index (χ3v) is 3.60. The van der Waals surface area contributed by atoms with Crippen LogP contribution in [0.3, 0.4) is 0 Å². The van der Waals surface area contributed by atoms with E-state index in [0.717, 1.165) is 5.56 Å². The average molecular weight is 368 g/mol. The number of rotatable bonds is 5. The Morgan fingerprint density at radius 1 is 1.04 bits per heavy atom. The summed E-state index contributed by atoms with van der Waals surface area (Å²) in [7, 11) is 0. The van der Waals surface area contributed by atoms with E-state index < -0.39 is 11.9 Å². The molecular formula is C18H17FN6O2. The number of hydrogen-bond acceptors (Lipinski definition) is 4. The van der Waals surface area contributed by atoms with E-state index in [1.807, 2.05) is 0 Å². The van der Waals surface area contributed by atoms with E-state index in [4.69, 9.17) is 0 Å². The first kappa shape index (κ1) is 18.1. The number of halogens is 1. The van der Waals surface area contributed by atoms with Gasteiger partial charge in [-0.05, 0) is 41.5 Å². The maximum atomic E-state index is 12.8. The van der Waals surface area contributed by atoms with Crippen LogP contribution in [0.25, 0.3) is 5.82 Å². The Morgan fingerprint density at radius 3 is 2.59 bits per heavy atom. The quantitative estimate of drug-likeness (QED) is 0.594. The molecule has 1 aromatic carbocycles. The van der Waals surface area contributed by atoms with E-state index >= 15 is 0 Å². The number of pyridine rings is 1. The van der Waals surface area contributed by atoms with E-state index in [1.54, 1.807) is 41.5 Å². The van der Waals surface area contributed by atoms with E-state index in [1.165, 1.54) is 24.3 Å². The second-order valence-corrected chi connectivity index (χ2v) is 5.63. The Balaban J connectivity index is 1.44. The second kappa shape index (κ2) is 8.56. The zero-order chi connectivity index (χ0) is 19.1. The first-order chi connectivity index (χ1) is 13.1. The van der Waals surface area contributed by atoms with Crippen LogP contribution in [-0.4, -0.2) is 26.7 Å². The molecule has 0 spiro atoms. The molecule has 138 valence electrons. The van der Waals surface area contributed by atoms with E-state index in [-0.39, 0.29) is 18.8 Å². The second-order valence-electron chi connectivity index (χ2n) is 5.63. The number of aromatic nitrogens is 3. The number of carbonyl (C=O) groups is 2. The van der Waals surface area contributed by atoms with Crippen LogP contribution in [0.15, 0.2) is 61.1 Å². The zero-order valence-electron chi connectivity index (χ0n) is 14.2. The molecule has 3 N–H and O–H groups in total. The third-order valence-electron chi connectivity index (χ3n) is 3.60. The lowest BCUT2D eigenvalue weighted by Crippen LogP contribution is -2.47. The van der Waals surface area contributed by atoms with Gasteiger partial charge in [0.25, 0.3) is 0 Å². The summed E-state index contributed by atoms with van der Waals surface area (Å²) in [5.41, 5.74) is 6.02. The van der Waals surface area contributed by atoms with Crippen LogP contribution >= 0.6 is 0 Å². The minimum Gasteiger partial charge on any atom is -0.333 e. The third kappa shape index (κ3) is 5.36. The summed E-state index contributed by atoms with van der Waals surface area (Å²) in [6.45, 7) is 0.246. The van der Waals surface area contributed by atoms with Gasteiger partial charge >= 0.3 is 6.03 Å². The lowest BCUT2D eigenvalue weighted by molar-refractivity contribution is -0.121. The summed E-state index contributed by atoms with van der Waals surface area (Å²) in [6, 6.07) is 10.4. The summed E-state index contributed by atoms with van der Waals surface area (Å²) in [4.78, 5) is 27.8. The van der Waals surface area contributed by atoms with Gasteiger partial charge in [-0.25, -0.2) is 24.3 Å². The van der Waals surface area contributed by atoms with Crippen LogP contribution < -0.4 is 16.2 Å². The number of carbonyl (C=O) groups excluding carboxylic acids is 2. The maximum Gasteiger partial charge on any atom is 0.333 e. The molecule has 0 saturated carbocycles. The monoisotopic (exact) mass is 368 g/mol. The summed E-state index contributed by atoms with van der Waals surface area (Å²) in [6.07, 6.45) is 5.06. The molecule has 2 heterocycles. The lowest BCUT2D eigenvalue weighted by atomic mass is 10.1. The fourth-order valence-corrected chi connectivity index (χ4v) is 2.29. The molecule has 2 aromatic heterocycles. The zero-order valence-corrected chi connectivity index (χ0v) is 14.2. The van der Waals surface area contributed by atoms with Crippen molar-refractivity contribution in [1.29, 1.82) is 0 Å². The van der Waals surface area contributed by atoms with Gasteiger partial charge in [-0.2, -0.15) is 5.10 Å². The van der Waals surface area contributed by atoms with E-state index in [9.17, 15) is 14.0 Å². The van der Waals surface area contributed by atoms with Gasteiger partial charge in [-0.1, -0.05) is 12.1 Å². The molecule has 3 amide bonds. The summed E-state index contributed by atoms with van der Waals surface area (Å²) in [5, 5.41) is 6.72. The van der Waals surface area contributed by atoms with Crippen LogP contribution in [0.1, 0.15) is 11.1 Å². The SMILES string of the molecule is O=C(Cc1ccc(F)cc1)NNC(=O)NCc1ccnc(-n2cccn2)c1. The van der Waals surface area contributed by atoms with Gasteiger partial charge in [0.2, 0.25) is 5.91 Å². The molecule has 0 aliphatic rings. The fourth-order valence-electron chi connectivity index (χ4n) is 2.29. The van der Waals surface area contributed by atoms with E-state index in [0.29, 0.717) is 11.4 Å². The summed E-state index contributed by atoms with van der Waals surface area (Å²) in [5.74, 6) is -0.155. The van der Waals surface area contributed by atoms with Crippen molar-refractivity contribution in [2.75, 3.05) is 0 Å². The van der Waals surface area contributed by atoms with Crippen LogP contribution in [0.5, 0.6) is 0 Å². The first-order valence-corrected chi connectivity index (χ1v) is 8.12. The molecule has 9 heteroatoms. The molecule has 8 nitrogen and oxygen atoms in total. The Hall–Kier alpha value is -3.75. The normalized spacial score (nSPS) is 10.3. The molecule has 0 saturated heterocycles. The highest BCUT2D eigenvalue weighted by atomic mass is 19.1. The first-order valence-electron chi connectivity index (χ1n) is 8.12. The minimum atomic E-state index is -0.556. The van der Waals surface area contributed by atoms with Crippen molar-refractivity contribution >= 4 is 11.9 Å². The van der Waals surface area contributed by atoms with Crippen LogP contribution in [0, 0.1) is 5.82 Å². The summed E-state index contributed by atoms with van der Waals surface area (Å²) >= 11 is 0. The van der Waals surface area contributed by atoms with Gasteiger partial charge in [0.15, 0.2) is 5.82 Å². The van der Waals surface area contributed by atoms with Crippen molar-refractivity contribution in [3.63, 3.8) is 0 Å². The molecule has 0 aliphatic carbocycles. The van der Waals surface area contributed by atoms with Crippen molar-refractivity contribution in [1.82, 2.24) is 30.9 Å². The highest BCUT2D eigenvalue weighted by Gasteiger charge is 2.06. The molecule has 0 fully saturated rings. The highest BCUT2D eigenvalue weighted by molar-refractivity contribution is 5.82. The molecule has 27 heavy (non-hydrogen) atoms. The lowest BCUT2D eigenvalue weighted by Gasteiger charge is -2.10. The average Bonchev–Trinajstić information content (AvgIpc) is 3.22. The number of urea groups is 1. The van der Waals surface area contributed by atoms with Gasteiger partial charge in [-0.15, -0.1) is 0 Å². The van der Waals surface area contributed by atoms with E-state index in [2.05, 4.69) is 26.3 Å². The molecule has 0 atom stereocenters. The van der Waals surface area contributed by atoms with Gasteiger partial charge < -0.3 is 5.32 Å². The molecule has 0 radical (unpaired) electrons. The Kier molecular flexibility index (Phi) is 5.73. The standard InChI is InChI=1S/C18H17FN6O2/c19-15-4-2-13(3-5-15)11-17(26)23-24-18(27)21-12-14-6-8-20-16(10-14)25-9-1-7-22-25/h1-10H,11-12H2,(H,23,26)(H2,21,24,27). The molecule has 3 rings (SSSR count). The largest absolute Gasteiger partial charge is 0.333 e. The van der Waals surface area contributed by atoms with Crippen molar-refractivity contribution < 1.29 is 14.0 Å². The van der Waals surface area contributed by atoms with Gasteiger partial charge in [0.1, 0.15) is 5.82 Å². The van der Waals surface area contributed by atoms with Crippen LogP contribution in [0.4, 0.5) is 9.18 Å². The van der Waals surface area contributed by atoms with Crippen molar-refractivity contribution in [3.8, 4) is 5.82 Å². The number of nitrogens with zero attached hydrogens (tertiary/aromatic N) is 3. The smallest absolute Gasteiger partial charge is 0.333 e. The Morgan fingerprint density at radius 2 is 1.85 bits per heavy atom. The number of benzene rings is 1. The highest BCUT2D eigenvalue weighted by Crippen LogP contribution is 2.06. The Bertz CT molecular complexity index is 912. The molecule has 3 aromatic rings. The van der Waals surface area contributed by atoms with Gasteiger partial charge in [0.05, 0.1) is 6.42 Å². The topological polar surface area (TPSA) is 101 Å². The predicted molar refractivity (Wildman–Crippen MR) is 95.0 cm³/mol. The number of hydrazine groups is 1. The minimum absolute atomic E-state index is 0.0259. The predicted octanol–water partition coefficient (Wildman–Crippen LogP) is 1.48. The molecular weight excluding hydrogens is 351 g/mol. The number of nitrogens with one attached hydrogen (secondary N) is 3. The number of hydrogen-bond donors (Lipinski definition) is 3. The van der Waals surface area contributed by atoms with Crippen LogP contribution in [0.2, 0.25) is 0 Å². The molecule has 0 aliphatic heterocycles. The summed E-state index contributed by atoms with van der Waals surface area (Å²) < 4.78 is 14.4. The Labute approximate surface area is 154 Å².